The Morgan fingerprint density at radius 2 is 1.83 bits per heavy atom. The molecule has 0 saturated heterocycles. The van der Waals surface area contributed by atoms with Crippen molar-refractivity contribution in [2.75, 3.05) is 12.4 Å². The van der Waals surface area contributed by atoms with Crippen LogP contribution in [0.5, 0.6) is 11.5 Å². The molecule has 0 aliphatic carbocycles. The fraction of sp³-hybridized carbons (Fsp3) is 0.222. The highest BCUT2D eigenvalue weighted by molar-refractivity contribution is 6.05. The van der Waals surface area contributed by atoms with Gasteiger partial charge in [0.2, 0.25) is 0 Å². The van der Waals surface area contributed by atoms with Crippen molar-refractivity contribution in [3.05, 3.63) is 53.6 Å². The van der Waals surface area contributed by atoms with Crippen LogP contribution in [0, 0.1) is 0 Å². The number of anilines is 1. The molecule has 0 atom stereocenters. The quantitative estimate of drug-likeness (QED) is 0.848. The Morgan fingerprint density at radius 1 is 1.08 bits per heavy atom. The average molecular weight is 329 g/mol. The maximum absolute atomic E-state index is 12.4. The molecule has 0 aliphatic rings. The van der Waals surface area contributed by atoms with Crippen LogP contribution in [-0.2, 0) is 0 Å². The van der Waals surface area contributed by atoms with Crippen LogP contribution in [0.4, 0.5) is 5.69 Å². The number of hydrogen-bond donors (Lipinski definition) is 2. The third kappa shape index (κ3) is 4.25. The molecular weight excluding hydrogens is 310 g/mol. The third-order valence-electron chi connectivity index (χ3n) is 3.16. The number of carbonyl (C=O) groups excluding carboxylic acids is 1. The van der Waals surface area contributed by atoms with Crippen molar-refractivity contribution in [2.24, 2.45) is 0 Å². The number of amides is 1. The largest absolute Gasteiger partial charge is 0.495 e. The van der Waals surface area contributed by atoms with Gasteiger partial charge in [0.1, 0.15) is 11.5 Å². The first-order valence-electron chi connectivity index (χ1n) is 7.40. The van der Waals surface area contributed by atoms with E-state index in [1.54, 1.807) is 24.3 Å². The summed E-state index contributed by atoms with van der Waals surface area (Å²) in [4.78, 5) is 23.5. The molecule has 6 heteroatoms. The number of nitrogens with one attached hydrogen (secondary N) is 1. The minimum atomic E-state index is -1.08. The molecule has 2 aromatic rings. The first kappa shape index (κ1) is 17.3. The number of carboxylic acids is 1. The molecule has 0 radical (unpaired) electrons. The Hall–Kier alpha value is -3.02. The van der Waals surface area contributed by atoms with Crippen LogP contribution >= 0.6 is 0 Å². The maximum atomic E-state index is 12.4. The SMILES string of the molecule is COc1ccc(C(=O)O)cc1NC(=O)c1cccc(OC(C)C)c1. The molecule has 0 spiro atoms. The van der Waals surface area contributed by atoms with Gasteiger partial charge in [0.15, 0.2) is 0 Å². The van der Waals surface area contributed by atoms with E-state index in [0.29, 0.717) is 17.1 Å². The smallest absolute Gasteiger partial charge is 0.335 e. The minimum Gasteiger partial charge on any atom is -0.495 e. The van der Waals surface area contributed by atoms with Crippen molar-refractivity contribution in [3.8, 4) is 11.5 Å². The van der Waals surface area contributed by atoms with E-state index in [4.69, 9.17) is 14.6 Å². The Labute approximate surface area is 140 Å². The molecule has 6 nitrogen and oxygen atoms in total. The van der Waals surface area contributed by atoms with Gasteiger partial charge in [0, 0.05) is 5.56 Å². The maximum Gasteiger partial charge on any atom is 0.335 e. The minimum absolute atomic E-state index is 0.00402. The molecule has 1 amide bonds. The van der Waals surface area contributed by atoms with Gasteiger partial charge in [0.05, 0.1) is 24.5 Å². The second kappa shape index (κ2) is 7.50. The van der Waals surface area contributed by atoms with Crippen LogP contribution in [0.2, 0.25) is 0 Å². The average Bonchev–Trinajstić information content (AvgIpc) is 2.54. The standard InChI is InChI=1S/C18H19NO5/c1-11(2)24-14-6-4-5-12(9-14)17(20)19-15-10-13(18(21)22)7-8-16(15)23-3/h4-11H,1-3H3,(H,19,20)(H,21,22). The van der Waals surface area contributed by atoms with Crippen LogP contribution in [0.3, 0.4) is 0 Å². The monoisotopic (exact) mass is 329 g/mol. The van der Waals surface area contributed by atoms with E-state index >= 15 is 0 Å². The summed E-state index contributed by atoms with van der Waals surface area (Å²) in [6.45, 7) is 3.80. The Balaban J connectivity index is 2.26. The molecular formula is C18H19NO5. The van der Waals surface area contributed by atoms with Crippen LogP contribution < -0.4 is 14.8 Å². The van der Waals surface area contributed by atoms with E-state index in [1.165, 1.54) is 25.3 Å². The number of rotatable bonds is 6. The normalized spacial score (nSPS) is 10.3. The number of aromatic carboxylic acids is 1. The zero-order chi connectivity index (χ0) is 17.7. The van der Waals surface area contributed by atoms with E-state index < -0.39 is 5.97 Å². The number of carbonyl (C=O) groups is 2. The predicted octanol–water partition coefficient (Wildman–Crippen LogP) is 3.43. The Kier molecular flexibility index (Phi) is 5.42. The Morgan fingerprint density at radius 3 is 2.46 bits per heavy atom. The summed E-state index contributed by atoms with van der Waals surface area (Å²) in [5.74, 6) is -0.502. The molecule has 2 rings (SSSR count). The molecule has 2 aromatic carbocycles. The fourth-order valence-electron chi connectivity index (χ4n) is 2.12. The van der Waals surface area contributed by atoms with Gasteiger partial charge in [-0.2, -0.15) is 0 Å². The van der Waals surface area contributed by atoms with Gasteiger partial charge in [-0.3, -0.25) is 4.79 Å². The highest BCUT2D eigenvalue weighted by atomic mass is 16.5. The highest BCUT2D eigenvalue weighted by Gasteiger charge is 2.13. The molecule has 2 N–H and O–H groups in total. The van der Waals surface area contributed by atoms with Gasteiger partial charge < -0.3 is 19.9 Å². The van der Waals surface area contributed by atoms with Crippen molar-refractivity contribution in [1.82, 2.24) is 0 Å². The lowest BCUT2D eigenvalue weighted by atomic mass is 10.1. The number of methoxy groups -OCH3 is 1. The highest BCUT2D eigenvalue weighted by Crippen LogP contribution is 2.26. The summed E-state index contributed by atoms with van der Waals surface area (Å²) in [6.07, 6.45) is -0.00402. The second-order valence-electron chi connectivity index (χ2n) is 5.37. The number of benzene rings is 2. The zero-order valence-electron chi connectivity index (χ0n) is 13.7. The number of hydrogen-bond acceptors (Lipinski definition) is 4. The lowest BCUT2D eigenvalue weighted by Gasteiger charge is -2.13. The lowest BCUT2D eigenvalue weighted by Crippen LogP contribution is -2.14. The lowest BCUT2D eigenvalue weighted by molar-refractivity contribution is 0.0696. The van der Waals surface area contributed by atoms with Crippen molar-refractivity contribution < 1.29 is 24.2 Å². The van der Waals surface area contributed by atoms with Crippen LogP contribution in [-0.4, -0.2) is 30.2 Å². The van der Waals surface area contributed by atoms with Crippen LogP contribution in [0.15, 0.2) is 42.5 Å². The van der Waals surface area contributed by atoms with E-state index in [1.807, 2.05) is 13.8 Å². The molecule has 0 bridgehead atoms. The van der Waals surface area contributed by atoms with E-state index in [9.17, 15) is 9.59 Å². The summed E-state index contributed by atoms with van der Waals surface area (Å²) in [6, 6.07) is 11.0. The summed E-state index contributed by atoms with van der Waals surface area (Å²) in [5.41, 5.74) is 0.747. The summed E-state index contributed by atoms with van der Waals surface area (Å²) in [5, 5.41) is 11.7. The Bertz CT molecular complexity index is 755. The van der Waals surface area contributed by atoms with Gasteiger partial charge in [-0.15, -0.1) is 0 Å². The molecule has 0 heterocycles. The second-order valence-corrected chi connectivity index (χ2v) is 5.37. The molecule has 24 heavy (non-hydrogen) atoms. The summed E-state index contributed by atoms with van der Waals surface area (Å²) in [7, 11) is 1.45. The predicted molar refractivity (Wildman–Crippen MR) is 90.1 cm³/mol. The summed E-state index contributed by atoms with van der Waals surface area (Å²) < 4.78 is 10.7. The van der Waals surface area contributed by atoms with Gasteiger partial charge in [0.25, 0.3) is 5.91 Å². The van der Waals surface area contributed by atoms with Gasteiger partial charge in [-0.1, -0.05) is 6.07 Å². The number of carboxylic acid groups (broad SMARTS) is 1. The molecule has 126 valence electrons. The van der Waals surface area contributed by atoms with E-state index in [-0.39, 0.29) is 23.3 Å². The van der Waals surface area contributed by atoms with Crippen molar-refractivity contribution in [2.45, 2.75) is 20.0 Å². The first-order valence-corrected chi connectivity index (χ1v) is 7.40. The van der Waals surface area contributed by atoms with Crippen molar-refractivity contribution in [3.63, 3.8) is 0 Å². The van der Waals surface area contributed by atoms with E-state index in [0.717, 1.165) is 0 Å². The molecule has 0 fully saturated rings. The van der Waals surface area contributed by atoms with Crippen LogP contribution in [0.25, 0.3) is 0 Å². The van der Waals surface area contributed by atoms with Gasteiger partial charge in [-0.25, -0.2) is 4.79 Å². The topological polar surface area (TPSA) is 84.9 Å². The molecule has 0 aromatic heterocycles. The van der Waals surface area contributed by atoms with Gasteiger partial charge in [-0.05, 0) is 50.2 Å². The van der Waals surface area contributed by atoms with E-state index in [2.05, 4.69) is 5.32 Å². The molecule has 0 aliphatic heterocycles. The van der Waals surface area contributed by atoms with Gasteiger partial charge >= 0.3 is 5.97 Å². The molecule has 0 unspecified atom stereocenters. The van der Waals surface area contributed by atoms with Crippen molar-refractivity contribution >= 4 is 17.6 Å². The molecule has 0 saturated carbocycles. The van der Waals surface area contributed by atoms with Crippen molar-refractivity contribution in [1.29, 1.82) is 0 Å². The fourth-order valence-corrected chi connectivity index (χ4v) is 2.12. The number of ether oxygens (including phenoxy) is 2. The zero-order valence-corrected chi connectivity index (χ0v) is 13.7. The summed E-state index contributed by atoms with van der Waals surface area (Å²) >= 11 is 0. The van der Waals surface area contributed by atoms with Crippen LogP contribution in [0.1, 0.15) is 34.6 Å². The first-order chi connectivity index (χ1) is 11.4. The third-order valence-corrected chi connectivity index (χ3v) is 3.16.